The fourth-order valence-electron chi connectivity index (χ4n) is 3.32. The molecular formula is C18H20N4O. The molecule has 0 fully saturated rings. The van der Waals surface area contributed by atoms with E-state index < -0.39 is 0 Å². The summed E-state index contributed by atoms with van der Waals surface area (Å²) in [5, 5.41) is 4.16. The van der Waals surface area contributed by atoms with Crippen molar-refractivity contribution in [3.05, 3.63) is 71.1 Å². The average molecular weight is 308 g/mol. The van der Waals surface area contributed by atoms with Crippen molar-refractivity contribution in [3.8, 4) is 0 Å². The quantitative estimate of drug-likeness (QED) is 0.745. The molecule has 0 saturated heterocycles. The summed E-state index contributed by atoms with van der Waals surface area (Å²) in [4.78, 5) is 6.98. The van der Waals surface area contributed by atoms with Gasteiger partial charge in [-0.25, -0.2) is 4.98 Å². The molecule has 3 heterocycles. The van der Waals surface area contributed by atoms with Gasteiger partial charge in [0.05, 0.1) is 18.3 Å². The Hall–Kier alpha value is -2.40. The zero-order chi connectivity index (χ0) is 15.8. The van der Waals surface area contributed by atoms with E-state index in [0.29, 0.717) is 6.04 Å². The molecule has 2 aromatic heterocycles. The van der Waals surface area contributed by atoms with Gasteiger partial charge in [-0.1, -0.05) is 35.5 Å². The molecule has 0 radical (unpaired) electrons. The number of rotatable bonds is 3. The number of aromatic nitrogens is 3. The van der Waals surface area contributed by atoms with Crippen molar-refractivity contribution in [2.45, 2.75) is 39.5 Å². The van der Waals surface area contributed by atoms with E-state index in [4.69, 9.17) is 4.52 Å². The molecule has 0 spiro atoms. The zero-order valence-electron chi connectivity index (χ0n) is 13.4. The van der Waals surface area contributed by atoms with Gasteiger partial charge < -0.3 is 9.09 Å². The van der Waals surface area contributed by atoms with Crippen molar-refractivity contribution in [2.75, 3.05) is 0 Å². The Labute approximate surface area is 135 Å². The molecule has 1 aromatic carbocycles. The van der Waals surface area contributed by atoms with E-state index in [1.807, 2.05) is 19.2 Å². The second-order valence-corrected chi connectivity index (χ2v) is 6.19. The van der Waals surface area contributed by atoms with Crippen LogP contribution in [-0.4, -0.2) is 19.6 Å². The SMILES string of the molecule is Cc1cc(CN2Cc3ncc(C)n3CC2c2ccccc2)no1. The van der Waals surface area contributed by atoms with Crippen molar-refractivity contribution < 1.29 is 4.52 Å². The highest BCUT2D eigenvalue weighted by Crippen LogP contribution is 2.31. The molecule has 4 rings (SSSR count). The highest BCUT2D eigenvalue weighted by molar-refractivity contribution is 5.22. The van der Waals surface area contributed by atoms with Gasteiger partial charge in [0.25, 0.3) is 0 Å². The first-order valence-electron chi connectivity index (χ1n) is 7.93. The summed E-state index contributed by atoms with van der Waals surface area (Å²) < 4.78 is 7.54. The lowest BCUT2D eigenvalue weighted by molar-refractivity contribution is 0.124. The van der Waals surface area contributed by atoms with Gasteiger partial charge in [-0.2, -0.15) is 0 Å². The largest absolute Gasteiger partial charge is 0.361 e. The molecule has 5 heteroatoms. The van der Waals surface area contributed by atoms with Gasteiger partial charge >= 0.3 is 0 Å². The van der Waals surface area contributed by atoms with Gasteiger partial charge in [0.15, 0.2) is 0 Å². The Kier molecular flexibility index (Phi) is 3.50. The summed E-state index contributed by atoms with van der Waals surface area (Å²) in [6, 6.07) is 13.0. The van der Waals surface area contributed by atoms with Crippen LogP contribution < -0.4 is 0 Å². The molecule has 0 aliphatic carbocycles. The molecular weight excluding hydrogens is 288 g/mol. The number of fused-ring (bicyclic) bond motifs is 1. The molecule has 1 unspecified atom stereocenters. The second kappa shape index (κ2) is 5.66. The summed E-state index contributed by atoms with van der Waals surface area (Å²) in [6.45, 7) is 6.55. The normalized spacial score (nSPS) is 18.1. The Morgan fingerprint density at radius 1 is 1.22 bits per heavy atom. The lowest BCUT2D eigenvalue weighted by Crippen LogP contribution is -2.37. The standard InChI is InChI=1S/C18H20N4O/c1-13-9-19-18-12-21(10-16-8-14(2)23-20-16)17(11-22(13)18)15-6-4-3-5-7-15/h3-9,17H,10-12H2,1-2H3. The second-order valence-electron chi connectivity index (χ2n) is 6.19. The van der Waals surface area contributed by atoms with Crippen molar-refractivity contribution in [3.63, 3.8) is 0 Å². The van der Waals surface area contributed by atoms with E-state index in [2.05, 4.69) is 56.9 Å². The van der Waals surface area contributed by atoms with E-state index >= 15 is 0 Å². The summed E-state index contributed by atoms with van der Waals surface area (Å²) in [6.07, 6.45) is 1.96. The lowest BCUT2D eigenvalue weighted by atomic mass is 10.0. The van der Waals surface area contributed by atoms with Gasteiger partial charge in [0.1, 0.15) is 11.6 Å². The number of benzene rings is 1. The van der Waals surface area contributed by atoms with Gasteiger partial charge in [0.2, 0.25) is 0 Å². The highest BCUT2D eigenvalue weighted by Gasteiger charge is 2.29. The maximum Gasteiger partial charge on any atom is 0.133 e. The van der Waals surface area contributed by atoms with Crippen LogP contribution in [0.5, 0.6) is 0 Å². The topological polar surface area (TPSA) is 47.1 Å². The van der Waals surface area contributed by atoms with Gasteiger partial charge in [-0.05, 0) is 19.4 Å². The average Bonchev–Trinajstić information content (AvgIpc) is 3.14. The highest BCUT2D eigenvalue weighted by atomic mass is 16.5. The van der Waals surface area contributed by atoms with Crippen LogP contribution in [0.4, 0.5) is 0 Å². The molecule has 23 heavy (non-hydrogen) atoms. The van der Waals surface area contributed by atoms with Crippen LogP contribution in [0.1, 0.15) is 34.6 Å². The minimum Gasteiger partial charge on any atom is -0.361 e. The van der Waals surface area contributed by atoms with Crippen LogP contribution in [0.15, 0.2) is 47.1 Å². The van der Waals surface area contributed by atoms with Crippen LogP contribution in [0, 0.1) is 13.8 Å². The van der Waals surface area contributed by atoms with Gasteiger partial charge in [-0.3, -0.25) is 4.90 Å². The number of aryl methyl sites for hydroxylation is 2. The van der Waals surface area contributed by atoms with Crippen LogP contribution in [0.2, 0.25) is 0 Å². The molecule has 1 atom stereocenters. The maximum absolute atomic E-state index is 5.22. The van der Waals surface area contributed by atoms with Gasteiger partial charge in [0, 0.05) is 31.0 Å². The van der Waals surface area contributed by atoms with Crippen LogP contribution in [0.3, 0.4) is 0 Å². The Bertz CT molecular complexity index is 806. The first-order valence-corrected chi connectivity index (χ1v) is 7.93. The van der Waals surface area contributed by atoms with Gasteiger partial charge in [-0.15, -0.1) is 0 Å². The predicted molar refractivity (Wildman–Crippen MR) is 86.6 cm³/mol. The monoisotopic (exact) mass is 308 g/mol. The molecule has 0 amide bonds. The molecule has 0 N–H and O–H groups in total. The van der Waals surface area contributed by atoms with Crippen molar-refractivity contribution in [1.82, 2.24) is 19.6 Å². The summed E-state index contributed by atoms with van der Waals surface area (Å²) in [7, 11) is 0. The number of hydrogen-bond acceptors (Lipinski definition) is 4. The summed E-state index contributed by atoms with van der Waals surface area (Å²) in [5.74, 6) is 1.97. The number of nitrogens with zero attached hydrogens (tertiary/aromatic N) is 4. The van der Waals surface area contributed by atoms with E-state index in [1.54, 1.807) is 0 Å². The van der Waals surface area contributed by atoms with Crippen LogP contribution in [0.25, 0.3) is 0 Å². The predicted octanol–water partition coefficient (Wildman–Crippen LogP) is 3.25. The molecule has 1 aliphatic rings. The van der Waals surface area contributed by atoms with Crippen molar-refractivity contribution in [2.24, 2.45) is 0 Å². The smallest absolute Gasteiger partial charge is 0.133 e. The molecule has 0 saturated carbocycles. The lowest BCUT2D eigenvalue weighted by Gasteiger charge is -2.36. The third-order valence-corrected chi connectivity index (χ3v) is 4.50. The molecule has 5 nitrogen and oxygen atoms in total. The first kappa shape index (κ1) is 14.2. The fraction of sp³-hybridized carbons (Fsp3) is 0.333. The van der Waals surface area contributed by atoms with Crippen molar-refractivity contribution in [1.29, 1.82) is 0 Å². The van der Waals surface area contributed by atoms with E-state index in [-0.39, 0.29) is 0 Å². The zero-order valence-corrected chi connectivity index (χ0v) is 13.4. The fourth-order valence-corrected chi connectivity index (χ4v) is 3.32. The number of hydrogen-bond donors (Lipinski definition) is 0. The van der Waals surface area contributed by atoms with E-state index in [9.17, 15) is 0 Å². The van der Waals surface area contributed by atoms with E-state index in [0.717, 1.165) is 36.9 Å². The molecule has 0 bridgehead atoms. The minimum absolute atomic E-state index is 0.314. The number of imidazole rings is 1. The Morgan fingerprint density at radius 3 is 2.78 bits per heavy atom. The minimum atomic E-state index is 0.314. The third kappa shape index (κ3) is 2.68. The van der Waals surface area contributed by atoms with Crippen molar-refractivity contribution >= 4 is 0 Å². The van der Waals surface area contributed by atoms with E-state index in [1.165, 1.54) is 11.3 Å². The van der Waals surface area contributed by atoms with Crippen LogP contribution >= 0.6 is 0 Å². The summed E-state index contributed by atoms with van der Waals surface area (Å²) >= 11 is 0. The molecule has 3 aromatic rings. The Morgan fingerprint density at radius 2 is 2.04 bits per heavy atom. The summed E-state index contributed by atoms with van der Waals surface area (Å²) in [5.41, 5.74) is 3.52. The molecule has 1 aliphatic heterocycles. The maximum atomic E-state index is 5.22. The third-order valence-electron chi connectivity index (χ3n) is 4.50. The first-order chi connectivity index (χ1) is 11.2. The van der Waals surface area contributed by atoms with Crippen LogP contribution in [-0.2, 0) is 19.6 Å². The Balaban J connectivity index is 1.68. The molecule has 118 valence electrons.